The molecule has 0 heterocycles. The van der Waals surface area contributed by atoms with Gasteiger partial charge in [0.25, 0.3) is 5.91 Å². The van der Waals surface area contributed by atoms with Crippen LogP contribution in [0.3, 0.4) is 0 Å². The molecule has 1 amide bonds. The van der Waals surface area contributed by atoms with Crippen LogP contribution in [0.15, 0.2) is 46.0 Å². The molecule has 2 rings (SSSR count). The first-order valence-corrected chi connectivity index (χ1v) is 8.20. The number of halogens is 1. The molecule has 1 N–H and O–H groups in total. The Morgan fingerprint density at radius 3 is 2.00 bits per heavy atom. The second kappa shape index (κ2) is 8.53. The van der Waals surface area contributed by atoms with E-state index in [1.54, 1.807) is 12.1 Å². The molecule has 0 aliphatic carbocycles. The van der Waals surface area contributed by atoms with Crippen LogP contribution in [0, 0.1) is 0 Å². The van der Waals surface area contributed by atoms with Crippen molar-refractivity contribution in [1.82, 2.24) is 5.43 Å². The van der Waals surface area contributed by atoms with E-state index in [0.29, 0.717) is 28.5 Å². The Kier molecular flexibility index (Phi) is 6.41. The lowest BCUT2D eigenvalue weighted by atomic mass is 10.1. The summed E-state index contributed by atoms with van der Waals surface area (Å²) in [5.41, 5.74) is 4.49. The molecule has 0 saturated carbocycles. The molecule has 2 aromatic rings. The molecule has 6 nitrogen and oxygen atoms in total. The second-order valence-corrected chi connectivity index (χ2v) is 5.97. The van der Waals surface area contributed by atoms with E-state index in [0.717, 1.165) is 10.0 Å². The van der Waals surface area contributed by atoms with Crippen molar-refractivity contribution in [3.05, 3.63) is 52.0 Å². The lowest BCUT2D eigenvalue weighted by Gasteiger charge is -2.13. The molecule has 0 aliphatic heterocycles. The maximum atomic E-state index is 12.4. The van der Waals surface area contributed by atoms with Crippen LogP contribution < -0.4 is 19.6 Å². The fraction of sp³-hybridized carbons (Fsp3) is 0.222. The average molecular weight is 407 g/mol. The minimum atomic E-state index is -0.379. The van der Waals surface area contributed by atoms with E-state index in [4.69, 9.17) is 14.2 Å². The number of rotatable bonds is 6. The molecule has 0 atom stereocenters. The number of hydrogen-bond donors (Lipinski definition) is 1. The highest BCUT2D eigenvalue weighted by Gasteiger charge is 2.16. The topological polar surface area (TPSA) is 69.2 Å². The Bertz CT molecular complexity index is 763. The predicted molar refractivity (Wildman–Crippen MR) is 99.9 cm³/mol. The number of ether oxygens (including phenoxy) is 3. The molecule has 0 aliphatic rings. The molecule has 0 unspecified atom stereocenters. The van der Waals surface area contributed by atoms with Gasteiger partial charge in [-0.25, -0.2) is 5.43 Å². The van der Waals surface area contributed by atoms with Gasteiger partial charge in [0.2, 0.25) is 5.75 Å². The van der Waals surface area contributed by atoms with Crippen molar-refractivity contribution in [3.8, 4) is 17.2 Å². The number of nitrogens with zero attached hydrogens (tertiary/aromatic N) is 1. The third kappa shape index (κ3) is 4.51. The van der Waals surface area contributed by atoms with Crippen molar-refractivity contribution in [2.24, 2.45) is 5.10 Å². The summed E-state index contributed by atoms with van der Waals surface area (Å²) >= 11 is 3.38. The Balaban J connectivity index is 2.23. The molecule has 0 aromatic heterocycles. The zero-order chi connectivity index (χ0) is 18.4. The number of hydrazone groups is 1. The molecule has 0 saturated heterocycles. The largest absolute Gasteiger partial charge is 0.493 e. The van der Waals surface area contributed by atoms with Crippen molar-refractivity contribution in [2.75, 3.05) is 21.3 Å². The van der Waals surface area contributed by atoms with Crippen LogP contribution in [0.5, 0.6) is 17.2 Å². The van der Waals surface area contributed by atoms with Crippen LogP contribution in [0.1, 0.15) is 22.8 Å². The van der Waals surface area contributed by atoms with Gasteiger partial charge in [0.15, 0.2) is 11.5 Å². The number of amides is 1. The second-order valence-electron chi connectivity index (χ2n) is 5.06. The predicted octanol–water partition coefficient (Wildman–Crippen LogP) is 3.63. The van der Waals surface area contributed by atoms with Gasteiger partial charge in [-0.3, -0.25) is 4.79 Å². The highest BCUT2D eigenvalue weighted by Crippen LogP contribution is 2.38. The van der Waals surface area contributed by atoms with Crippen molar-refractivity contribution < 1.29 is 19.0 Å². The minimum Gasteiger partial charge on any atom is -0.493 e. The fourth-order valence-electron chi connectivity index (χ4n) is 2.17. The number of benzene rings is 2. The van der Waals surface area contributed by atoms with Gasteiger partial charge in [-0.2, -0.15) is 5.10 Å². The van der Waals surface area contributed by atoms with Gasteiger partial charge in [0.05, 0.1) is 27.0 Å². The Hall–Kier alpha value is -2.54. The molecule has 25 heavy (non-hydrogen) atoms. The third-order valence-electron chi connectivity index (χ3n) is 3.51. The van der Waals surface area contributed by atoms with Crippen LogP contribution in [-0.4, -0.2) is 32.9 Å². The quantitative estimate of drug-likeness (QED) is 0.587. The van der Waals surface area contributed by atoms with Gasteiger partial charge in [0.1, 0.15) is 0 Å². The van der Waals surface area contributed by atoms with E-state index in [2.05, 4.69) is 26.5 Å². The van der Waals surface area contributed by atoms with Crippen LogP contribution in [-0.2, 0) is 0 Å². The van der Waals surface area contributed by atoms with Gasteiger partial charge < -0.3 is 14.2 Å². The number of carbonyl (C=O) groups is 1. The van der Waals surface area contributed by atoms with Gasteiger partial charge >= 0.3 is 0 Å². The van der Waals surface area contributed by atoms with Crippen molar-refractivity contribution in [3.63, 3.8) is 0 Å². The fourth-order valence-corrected chi connectivity index (χ4v) is 2.43. The van der Waals surface area contributed by atoms with E-state index >= 15 is 0 Å². The number of hydrogen-bond acceptors (Lipinski definition) is 5. The van der Waals surface area contributed by atoms with E-state index in [1.165, 1.54) is 21.3 Å². The van der Waals surface area contributed by atoms with Crippen molar-refractivity contribution in [1.29, 1.82) is 0 Å². The smallest absolute Gasteiger partial charge is 0.271 e. The first kappa shape index (κ1) is 18.8. The summed E-state index contributed by atoms with van der Waals surface area (Å²) in [7, 11) is 4.50. The molecule has 0 fully saturated rings. The molecule has 2 aromatic carbocycles. The monoisotopic (exact) mass is 406 g/mol. The van der Waals surface area contributed by atoms with Gasteiger partial charge in [-0.1, -0.05) is 28.1 Å². The van der Waals surface area contributed by atoms with Crippen LogP contribution in [0.25, 0.3) is 0 Å². The van der Waals surface area contributed by atoms with E-state index in [-0.39, 0.29) is 5.91 Å². The lowest BCUT2D eigenvalue weighted by Crippen LogP contribution is -2.19. The Labute approximate surface area is 154 Å². The summed E-state index contributed by atoms with van der Waals surface area (Å²) in [5.74, 6) is 0.855. The van der Waals surface area contributed by atoms with Crippen LogP contribution in [0.4, 0.5) is 0 Å². The van der Waals surface area contributed by atoms with Crippen molar-refractivity contribution >= 4 is 27.5 Å². The number of nitrogens with one attached hydrogen (secondary N) is 1. The molecule has 7 heteroatoms. The lowest BCUT2D eigenvalue weighted by molar-refractivity contribution is 0.0954. The summed E-state index contributed by atoms with van der Waals surface area (Å²) < 4.78 is 16.7. The zero-order valence-corrected chi connectivity index (χ0v) is 16.0. The third-order valence-corrected chi connectivity index (χ3v) is 4.04. The molecular weight excluding hydrogens is 388 g/mol. The first-order chi connectivity index (χ1) is 12.0. The van der Waals surface area contributed by atoms with Gasteiger partial charge in [0, 0.05) is 10.0 Å². The Morgan fingerprint density at radius 1 is 0.960 bits per heavy atom. The summed E-state index contributed by atoms with van der Waals surface area (Å²) in [6.45, 7) is 1.82. The highest BCUT2D eigenvalue weighted by molar-refractivity contribution is 9.10. The average Bonchev–Trinajstić information content (AvgIpc) is 2.64. The van der Waals surface area contributed by atoms with E-state index < -0.39 is 0 Å². The normalized spacial score (nSPS) is 11.0. The summed E-state index contributed by atoms with van der Waals surface area (Å²) in [4.78, 5) is 12.4. The van der Waals surface area contributed by atoms with E-state index in [9.17, 15) is 4.79 Å². The SMILES string of the molecule is COc1cc(C(=O)N/N=C(\C)c2ccc(Br)cc2)cc(OC)c1OC. The summed E-state index contributed by atoms with van der Waals surface area (Å²) in [6.07, 6.45) is 0. The Morgan fingerprint density at radius 2 is 1.52 bits per heavy atom. The standard InChI is InChI=1S/C18H19BrN2O4/c1-11(12-5-7-14(19)8-6-12)20-21-18(22)13-9-15(23-2)17(25-4)16(10-13)24-3/h5-10H,1-4H3,(H,21,22)/b20-11+. The molecule has 0 radical (unpaired) electrons. The highest BCUT2D eigenvalue weighted by atomic mass is 79.9. The van der Waals surface area contributed by atoms with Crippen LogP contribution >= 0.6 is 15.9 Å². The maximum absolute atomic E-state index is 12.4. The van der Waals surface area contributed by atoms with Crippen molar-refractivity contribution in [2.45, 2.75) is 6.92 Å². The minimum absolute atomic E-state index is 0.349. The van der Waals surface area contributed by atoms with Crippen LogP contribution in [0.2, 0.25) is 0 Å². The molecular formula is C18H19BrN2O4. The number of carbonyl (C=O) groups excluding carboxylic acids is 1. The van der Waals surface area contributed by atoms with E-state index in [1.807, 2.05) is 31.2 Å². The molecule has 132 valence electrons. The van der Waals surface area contributed by atoms with Gasteiger partial charge in [-0.05, 0) is 36.8 Å². The van der Waals surface area contributed by atoms with Gasteiger partial charge in [-0.15, -0.1) is 0 Å². The number of methoxy groups -OCH3 is 3. The zero-order valence-electron chi connectivity index (χ0n) is 14.4. The molecule has 0 spiro atoms. The first-order valence-electron chi connectivity index (χ1n) is 7.40. The summed E-state index contributed by atoms with van der Waals surface area (Å²) in [5, 5.41) is 4.14. The molecule has 0 bridgehead atoms. The maximum Gasteiger partial charge on any atom is 0.271 e. The summed E-state index contributed by atoms with van der Waals surface area (Å²) in [6, 6.07) is 10.8.